The lowest BCUT2D eigenvalue weighted by Crippen LogP contribution is -2.45. The molecule has 1 aromatic rings. The highest BCUT2D eigenvalue weighted by molar-refractivity contribution is 5.85. The largest absolute Gasteiger partial charge is 0.462 e. The second-order valence-electron chi connectivity index (χ2n) is 6.37. The predicted molar refractivity (Wildman–Crippen MR) is 88.6 cm³/mol. The quantitative estimate of drug-likeness (QED) is 0.808. The van der Waals surface area contributed by atoms with E-state index < -0.39 is 5.92 Å². The van der Waals surface area contributed by atoms with Gasteiger partial charge in [-0.1, -0.05) is 30.3 Å². The van der Waals surface area contributed by atoms with E-state index in [-0.39, 0.29) is 49.3 Å². The number of rotatable bonds is 4. The molecule has 0 aromatic heterocycles. The maximum Gasteiger partial charge on any atom is 0.316 e. The highest BCUT2D eigenvalue weighted by atomic mass is 35.5. The second kappa shape index (κ2) is 7.62. The molecule has 1 aromatic carbocycles. The van der Waals surface area contributed by atoms with E-state index in [0.717, 1.165) is 18.4 Å². The van der Waals surface area contributed by atoms with Gasteiger partial charge in [0.05, 0.1) is 12.7 Å². The molecule has 2 bridgehead atoms. The summed E-state index contributed by atoms with van der Waals surface area (Å²) in [5.74, 6) is -1.01. The van der Waals surface area contributed by atoms with Gasteiger partial charge < -0.3 is 14.9 Å². The number of ether oxygens (including phenoxy) is 1. The maximum atomic E-state index is 12.4. The predicted octanol–water partition coefficient (Wildman–Crippen LogP) is 1.32. The minimum atomic E-state index is -0.636. The normalized spacial score (nSPS) is 31.3. The van der Waals surface area contributed by atoms with Gasteiger partial charge >= 0.3 is 5.97 Å². The van der Waals surface area contributed by atoms with Crippen LogP contribution in [-0.4, -0.2) is 59.0 Å². The fraction of sp³-hybridized carbons (Fsp3) is 0.588. The third-order valence-electron chi connectivity index (χ3n) is 5.05. The van der Waals surface area contributed by atoms with Gasteiger partial charge in [0.15, 0.2) is 0 Å². The lowest BCUT2D eigenvalue weighted by Gasteiger charge is -2.36. The molecule has 2 saturated heterocycles. The van der Waals surface area contributed by atoms with Gasteiger partial charge in [-0.05, 0) is 19.0 Å². The van der Waals surface area contributed by atoms with Gasteiger partial charge in [0, 0.05) is 24.9 Å². The van der Waals surface area contributed by atoms with Gasteiger partial charge in [-0.25, -0.2) is 0 Å². The Morgan fingerprint density at radius 3 is 2.61 bits per heavy atom. The molecule has 0 spiro atoms. The molecule has 6 heteroatoms. The number of aliphatic hydroxyl groups is 2. The van der Waals surface area contributed by atoms with Crippen LogP contribution >= 0.6 is 12.4 Å². The molecule has 5 nitrogen and oxygen atoms in total. The molecule has 3 rings (SSSR count). The Labute approximate surface area is 142 Å². The van der Waals surface area contributed by atoms with Crippen LogP contribution < -0.4 is 0 Å². The zero-order chi connectivity index (χ0) is 15.7. The molecule has 5 unspecified atom stereocenters. The highest BCUT2D eigenvalue weighted by Crippen LogP contribution is 2.36. The van der Waals surface area contributed by atoms with Crippen LogP contribution in [0.25, 0.3) is 0 Å². The number of hydrogen-bond donors (Lipinski definition) is 2. The minimum Gasteiger partial charge on any atom is -0.462 e. The summed E-state index contributed by atoms with van der Waals surface area (Å²) in [5, 5.41) is 19.6. The first-order chi connectivity index (χ1) is 10.6. The van der Waals surface area contributed by atoms with Crippen molar-refractivity contribution in [3.05, 3.63) is 35.9 Å². The monoisotopic (exact) mass is 341 g/mol. The van der Waals surface area contributed by atoms with E-state index in [1.165, 1.54) is 0 Å². The topological polar surface area (TPSA) is 70.0 Å². The van der Waals surface area contributed by atoms with Gasteiger partial charge in [0.25, 0.3) is 0 Å². The van der Waals surface area contributed by atoms with Crippen molar-refractivity contribution in [2.75, 3.05) is 13.7 Å². The molecule has 2 fully saturated rings. The summed E-state index contributed by atoms with van der Waals surface area (Å²) in [5.41, 5.74) is 0.769. The Balaban J connectivity index is 0.00000192. The number of halogens is 1. The Morgan fingerprint density at radius 1 is 1.30 bits per heavy atom. The molecule has 2 aliphatic rings. The molecule has 0 radical (unpaired) electrons. The van der Waals surface area contributed by atoms with Crippen molar-refractivity contribution in [2.45, 2.75) is 49.5 Å². The van der Waals surface area contributed by atoms with Gasteiger partial charge in [0.1, 0.15) is 12.0 Å². The van der Waals surface area contributed by atoms with Crippen molar-refractivity contribution in [3.63, 3.8) is 0 Å². The fourth-order valence-electron chi connectivity index (χ4n) is 3.74. The first kappa shape index (κ1) is 18.2. The van der Waals surface area contributed by atoms with E-state index in [1.54, 1.807) is 0 Å². The lowest BCUT2D eigenvalue weighted by molar-refractivity contribution is -0.155. The van der Waals surface area contributed by atoms with Gasteiger partial charge in [-0.2, -0.15) is 0 Å². The first-order valence-electron chi connectivity index (χ1n) is 7.86. The highest BCUT2D eigenvalue weighted by Gasteiger charge is 2.45. The number of carbonyl (C=O) groups excluding carboxylic acids is 1. The molecule has 23 heavy (non-hydrogen) atoms. The van der Waals surface area contributed by atoms with Crippen molar-refractivity contribution in [1.82, 2.24) is 4.90 Å². The number of piperidine rings is 1. The molecular weight excluding hydrogens is 318 g/mol. The lowest BCUT2D eigenvalue weighted by atomic mass is 9.98. The number of esters is 1. The van der Waals surface area contributed by atoms with Crippen LogP contribution in [0.5, 0.6) is 0 Å². The summed E-state index contributed by atoms with van der Waals surface area (Å²) in [7, 11) is 2.02. The smallest absolute Gasteiger partial charge is 0.316 e. The Bertz CT molecular complexity index is 527. The molecule has 2 aliphatic heterocycles. The molecule has 128 valence electrons. The number of aliphatic hydroxyl groups excluding tert-OH is 2. The van der Waals surface area contributed by atoms with Gasteiger partial charge in [-0.15, -0.1) is 12.4 Å². The molecule has 0 saturated carbocycles. The zero-order valence-electron chi connectivity index (χ0n) is 13.2. The van der Waals surface area contributed by atoms with Gasteiger partial charge in [-0.3, -0.25) is 9.69 Å². The first-order valence-corrected chi connectivity index (χ1v) is 7.86. The fourth-order valence-corrected chi connectivity index (χ4v) is 3.74. The van der Waals surface area contributed by atoms with E-state index in [2.05, 4.69) is 4.90 Å². The Hall–Kier alpha value is -1.14. The average Bonchev–Trinajstić information content (AvgIpc) is 2.68. The summed E-state index contributed by atoms with van der Waals surface area (Å²) in [6.45, 7) is -0.259. The van der Waals surface area contributed by atoms with E-state index in [9.17, 15) is 15.0 Å². The molecule has 2 N–H and O–H groups in total. The van der Waals surface area contributed by atoms with Crippen molar-refractivity contribution < 1.29 is 19.7 Å². The summed E-state index contributed by atoms with van der Waals surface area (Å²) in [4.78, 5) is 14.6. The molecule has 5 atom stereocenters. The van der Waals surface area contributed by atoms with Crippen LogP contribution in [0.15, 0.2) is 30.3 Å². The van der Waals surface area contributed by atoms with Crippen LogP contribution in [0.1, 0.15) is 30.7 Å². The van der Waals surface area contributed by atoms with Crippen molar-refractivity contribution >= 4 is 18.4 Å². The van der Waals surface area contributed by atoms with Crippen molar-refractivity contribution in [1.29, 1.82) is 0 Å². The van der Waals surface area contributed by atoms with Crippen molar-refractivity contribution in [3.8, 4) is 0 Å². The number of benzene rings is 1. The molecule has 2 heterocycles. The molecule has 0 amide bonds. The van der Waals surface area contributed by atoms with Crippen molar-refractivity contribution in [2.24, 2.45) is 0 Å². The van der Waals surface area contributed by atoms with Crippen LogP contribution in [-0.2, 0) is 9.53 Å². The molecular formula is C17H24ClNO4. The maximum absolute atomic E-state index is 12.4. The third kappa shape index (κ3) is 3.69. The summed E-state index contributed by atoms with van der Waals surface area (Å²) in [6.07, 6.45) is 1.66. The summed E-state index contributed by atoms with van der Waals surface area (Å²) >= 11 is 0. The van der Waals surface area contributed by atoms with Crippen LogP contribution in [0.4, 0.5) is 0 Å². The number of nitrogens with zero attached hydrogens (tertiary/aromatic N) is 1. The summed E-state index contributed by atoms with van der Waals surface area (Å²) in [6, 6.07) is 9.56. The van der Waals surface area contributed by atoms with Crippen LogP contribution in [0.2, 0.25) is 0 Å². The average molecular weight is 342 g/mol. The van der Waals surface area contributed by atoms with E-state index in [1.807, 2.05) is 37.4 Å². The van der Waals surface area contributed by atoms with Crippen LogP contribution in [0, 0.1) is 0 Å². The Kier molecular flexibility index (Phi) is 6.03. The second-order valence-corrected chi connectivity index (χ2v) is 6.37. The number of hydrogen-bond acceptors (Lipinski definition) is 5. The van der Waals surface area contributed by atoms with Crippen LogP contribution in [0.3, 0.4) is 0 Å². The summed E-state index contributed by atoms with van der Waals surface area (Å²) < 4.78 is 5.64. The number of fused-ring (bicyclic) bond motifs is 2. The minimum absolute atomic E-state index is 0. The third-order valence-corrected chi connectivity index (χ3v) is 5.05. The van der Waals surface area contributed by atoms with E-state index in [0.29, 0.717) is 6.42 Å². The Morgan fingerprint density at radius 2 is 2.00 bits per heavy atom. The zero-order valence-corrected chi connectivity index (χ0v) is 14.0. The number of carbonyl (C=O) groups is 1. The SMILES string of the molecule is CN1C2CC(OC(=O)C(CO)c3ccccc3)CC1C(O)C2.Cl. The van der Waals surface area contributed by atoms with E-state index in [4.69, 9.17) is 4.74 Å². The van der Waals surface area contributed by atoms with Gasteiger partial charge in [0.2, 0.25) is 0 Å². The number of likely N-dealkylation sites (N-methyl/N-ethyl adjacent to an activating group) is 1. The van der Waals surface area contributed by atoms with E-state index >= 15 is 0 Å². The standard InChI is InChI=1S/C17H23NO4.ClH/c1-18-12-7-13(9-15(18)16(20)8-12)22-17(21)14(10-19)11-5-3-2-4-6-11;/h2-6,12-16,19-20H,7-10H2,1H3;1H. The molecule has 0 aliphatic carbocycles.